The molecule has 1 unspecified atom stereocenters. The van der Waals surface area contributed by atoms with Gasteiger partial charge in [0, 0.05) is 13.1 Å². The fourth-order valence-corrected chi connectivity index (χ4v) is 3.38. The van der Waals surface area contributed by atoms with Crippen LogP contribution in [-0.4, -0.2) is 40.6 Å². The van der Waals surface area contributed by atoms with Crippen LogP contribution in [0, 0.1) is 12.8 Å². The van der Waals surface area contributed by atoms with Crippen LogP contribution in [0.15, 0.2) is 29.1 Å². The number of carbonyl (C=O) groups excluding carboxylic acids is 1. The third-order valence-corrected chi connectivity index (χ3v) is 4.61. The minimum atomic E-state index is -0.115. The summed E-state index contributed by atoms with van der Waals surface area (Å²) in [5.74, 6) is 1.00. The van der Waals surface area contributed by atoms with Crippen molar-refractivity contribution in [3.63, 3.8) is 0 Å². The molecule has 2 aromatic rings. The van der Waals surface area contributed by atoms with Crippen LogP contribution in [0.4, 0.5) is 0 Å². The molecule has 3 rings (SSSR count). The second kappa shape index (κ2) is 7.77. The van der Waals surface area contributed by atoms with E-state index in [9.17, 15) is 4.79 Å². The number of piperidine rings is 1. The Kier molecular flexibility index (Phi) is 5.48. The third kappa shape index (κ3) is 4.33. The van der Waals surface area contributed by atoms with E-state index in [4.69, 9.17) is 16.1 Å². The Morgan fingerprint density at radius 2 is 2.38 bits per heavy atom. The molecule has 1 atom stereocenters. The number of nitrogens with one attached hydrogen (secondary N) is 1. The SMILES string of the molecule is Cc1ccc(C(=O)NCC2CCCN(Cc3ncon3)C2)c(Cl)c1. The summed E-state index contributed by atoms with van der Waals surface area (Å²) in [5.41, 5.74) is 1.57. The number of hydrogen-bond donors (Lipinski definition) is 1. The topological polar surface area (TPSA) is 71.3 Å². The summed E-state index contributed by atoms with van der Waals surface area (Å²) in [6.07, 6.45) is 3.55. The summed E-state index contributed by atoms with van der Waals surface area (Å²) in [6, 6.07) is 5.48. The highest BCUT2D eigenvalue weighted by Crippen LogP contribution is 2.19. The minimum absolute atomic E-state index is 0.115. The number of hydrogen-bond acceptors (Lipinski definition) is 5. The van der Waals surface area contributed by atoms with Gasteiger partial charge in [-0.15, -0.1) is 0 Å². The molecular weight excluding hydrogens is 328 g/mol. The third-order valence-electron chi connectivity index (χ3n) is 4.30. The van der Waals surface area contributed by atoms with E-state index in [-0.39, 0.29) is 5.91 Å². The average molecular weight is 349 g/mol. The summed E-state index contributed by atoms with van der Waals surface area (Å²) in [4.78, 5) is 18.7. The van der Waals surface area contributed by atoms with Crippen LogP contribution in [0.25, 0.3) is 0 Å². The molecular formula is C17H21ClN4O2. The van der Waals surface area contributed by atoms with Gasteiger partial charge in [-0.2, -0.15) is 4.98 Å². The molecule has 6 nitrogen and oxygen atoms in total. The van der Waals surface area contributed by atoms with E-state index in [1.807, 2.05) is 19.1 Å². The summed E-state index contributed by atoms with van der Waals surface area (Å²) in [7, 11) is 0. The zero-order chi connectivity index (χ0) is 16.9. The van der Waals surface area contributed by atoms with Gasteiger partial charge >= 0.3 is 0 Å². The van der Waals surface area contributed by atoms with E-state index in [0.717, 1.165) is 31.5 Å². The number of aromatic nitrogens is 2. The first kappa shape index (κ1) is 16.9. The molecule has 2 heterocycles. The molecule has 0 saturated carbocycles. The average Bonchev–Trinajstić information content (AvgIpc) is 3.06. The maximum atomic E-state index is 12.3. The van der Waals surface area contributed by atoms with Gasteiger partial charge in [0.1, 0.15) is 0 Å². The highest BCUT2D eigenvalue weighted by molar-refractivity contribution is 6.33. The molecule has 128 valence electrons. The van der Waals surface area contributed by atoms with Gasteiger partial charge in [0.15, 0.2) is 5.82 Å². The molecule has 1 aliphatic heterocycles. The van der Waals surface area contributed by atoms with Crippen molar-refractivity contribution in [1.82, 2.24) is 20.4 Å². The van der Waals surface area contributed by atoms with Crippen LogP contribution in [0.5, 0.6) is 0 Å². The first-order valence-corrected chi connectivity index (χ1v) is 8.51. The van der Waals surface area contributed by atoms with E-state index in [0.29, 0.717) is 35.4 Å². The van der Waals surface area contributed by atoms with Gasteiger partial charge in [0.05, 0.1) is 17.1 Å². The molecule has 1 amide bonds. The number of amides is 1. The molecule has 1 fully saturated rings. The molecule has 24 heavy (non-hydrogen) atoms. The maximum Gasteiger partial charge on any atom is 0.252 e. The molecule has 7 heteroatoms. The summed E-state index contributed by atoms with van der Waals surface area (Å²) in [5, 5.41) is 7.36. The van der Waals surface area contributed by atoms with Crippen molar-refractivity contribution in [2.24, 2.45) is 5.92 Å². The molecule has 1 N–H and O–H groups in total. The van der Waals surface area contributed by atoms with Crippen molar-refractivity contribution in [2.75, 3.05) is 19.6 Å². The lowest BCUT2D eigenvalue weighted by molar-refractivity contribution is 0.0930. The Morgan fingerprint density at radius 3 is 3.12 bits per heavy atom. The van der Waals surface area contributed by atoms with Gasteiger partial charge in [-0.05, 0) is 49.9 Å². The fraction of sp³-hybridized carbons (Fsp3) is 0.471. The number of likely N-dealkylation sites (tertiary alicyclic amines) is 1. The Balaban J connectivity index is 1.51. The summed E-state index contributed by atoms with van der Waals surface area (Å²) >= 11 is 6.16. The van der Waals surface area contributed by atoms with Crippen LogP contribution in [0.1, 0.15) is 34.6 Å². The van der Waals surface area contributed by atoms with Crippen LogP contribution in [0.2, 0.25) is 5.02 Å². The van der Waals surface area contributed by atoms with E-state index in [2.05, 4.69) is 20.4 Å². The normalized spacial score (nSPS) is 18.5. The van der Waals surface area contributed by atoms with Gasteiger partial charge in [0.2, 0.25) is 6.39 Å². The monoisotopic (exact) mass is 348 g/mol. The van der Waals surface area contributed by atoms with Crippen molar-refractivity contribution >= 4 is 17.5 Å². The van der Waals surface area contributed by atoms with Crippen LogP contribution in [0.3, 0.4) is 0 Å². The predicted molar refractivity (Wildman–Crippen MR) is 90.8 cm³/mol. The van der Waals surface area contributed by atoms with Crippen molar-refractivity contribution in [1.29, 1.82) is 0 Å². The van der Waals surface area contributed by atoms with E-state index in [1.54, 1.807) is 6.07 Å². The molecule has 1 aliphatic rings. The lowest BCUT2D eigenvalue weighted by Crippen LogP contribution is -2.40. The van der Waals surface area contributed by atoms with Gasteiger partial charge in [-0.1, -0.05) is 22.8 Å². The number of benzene rings is 1. The summed E-state index contributed by atoms with van der Waals surface area (Å²) < 4.78 is 4.77. The Labute approximate surface area is 146 Å². The molecule has 0 spiro atoms. The van der Waals surface area contributed by atoms with Gasteiger partial charge in [-0.25, -0.2) is 0 Å². The Hall–Kier alpha value is -1.92. The second-order valence-electron chi connectivity index (χ2n) is 6.28. The number of rotatable bonds is 5. The van der Waals surface area contributed by atoms with Crippen molar-refractivity contribution in [3.05, 3.63) is 46.6 Å². The second-order valence-corrected chi connectivity index (χ2v) is 6.69. The van der Waals surface area contributed by atoms with Crippen molar-refractivity contribution in [2.45, 2.75) is 26.3 Å². The molecule has 1 aromatic heterocycles. The maximum absolute atomic E-state index is 12.3. The largest absolute Gasteiger partial charge is 0.352 e. The standard InChI is InChI=1S/C17H21ClN4O2/c1-12-4-5-14(15(18)7-12)17(23)19-8-13-3-2-6-22(9-13)10-16-20-11-24-21-16/h4-5,7,11,13H,2-3,6,8-10H2,1H3,(H,19,23). The van der Waals surface area contributed by atoms with Crippen molar-refractivity contribution < 1.29 is 9.32 Å². The number of halogens is 1. The minimum Gasteiger partial charge on any atom is -0.352 e. The number of carbonyl (C=O) groups is 1. The summed E-state index contributed by atoms with van der Waals surface area (Å²) in [6.45, 7) is 5.21. The first-order chi connectivity index (χ1) is 11.6. The molecule has 0 bridgehead atoms. The highest BCUT2D eigenvalue weighted by atomic mass is 35.5. The molecule has 0 aliphatic carbocycles. The van der Waals surface area contributed by atoms with Crippen LogP contribution in [-0.2, 0) is 6.54 Å². The number of nitrogens with zero attached hydrogens (tertiary/aromatic N) is 3. The van der Waals surface area contributed by atoms with Gasteiger partial charge in [-0.3, -0.25) is 9.69 Å². The predicted octanol–water partition coefficient (Wildman–Crippen LogP) is 2.67. The van der Waals surface area contributed by atoms with E-state index in [1.165, 1.54) is 6.39 Å². The van der Waals surface area contributed by atoms with Gasteiger partial charge < -0.3 is 9.84 Å². The smallest absolute Gasteiger partial charge is 0.252 e. The lowest BCUT2D eigenvalue weighted by atomic mass is 9.98. The highest BCUT2D eigenvalue weighted by Gasteiger charge is 2.22. The van der Waals surface area contributed by atoms with E-state index >= 15 is 0 Å². The molecule has 0 radical (unpaired) electrons. The quantitative estimate of drug-likeness (QED) is 0.899. The molecule has 1 saturated heterocycles. The molecule has 1 aromatic carbocycles. The zero-order valence-corrected chi connectivity index (χ0v) is 14.4. The Morgan fingerprint density at radius 1 is 1.50 bits per heavy atom. The van der Waals surface area contributed by atoms with E-state index < -0.39 is 0 Å². The van der Waals surface area contributed by atoms with Crippen LogP contribution < -0.4 is 5.32 Å². The lowest BCUT2D eigenvalue weighted by Gasteiger charge is -2.31. The Bertz CT molecular complexity index is 690. The number of aryl methyl sites for hydroxylation is 1. The van der Waals surface area contributed by atoms with Crippen molar-refractivity contribution in [3.8, 4) is 0 Å². The first-order valence-electron chi connectivity index (χ1n) is 8.14. The zero-order valence-electron chi connectivity index (χ0n) is 13.7. The van der Waals surface area contributed by atoms with Gasteiger partial charge in [0.25, 0.3) is 5.91 Å². The fourth-order valence-electron chi connectivity index (χ4n) is 3.06. The van der Waals surface area contributed by atoms with Crippen LogP contribution >= 0.6 is 11.6 Å².